The molecule has 3 rings (SSSR count). The molecule has 1 atom stereocenters. The molecule has 0 bridgehead atoms. The van der Waals surface area contributed by atoms with Gasteiger partial charge in [-0.2, -0.15) is 5.26 Å². The van der Waals surface area contributed by atoms with Gasteiger partial charge in [0.1, 0.15) is 11.1 Å². The van der Waals surface area contributed by atoms with E-state index in [-0.39, 0.29) is 0 Å². The van der Waals surface area contributed by atoms with E-state index in [2.05, 4.69) is 47.8 Å². The van der Waals surface area contributed by atoms with E-state index < -0.39 is 0 Å². The Morgan fingerprint density at radius 2 is 2.13 bits per heavy atom. The lowest BCUT2D eigenvalue weighted by Gasteiger charge is -2.33. The molecule has 120 valence electrons. The highest BCUT2D eigenvalue weighted by Gasteiger charge is 2.32. The SMILES string of the molecule is CC(C)(C)[C@@H]1CCc2c(sc(N=Cc3ccc(Br)s3)c2C#N)C1. The van der Waals surface area contributed by atoms with Crippen LogP contribution < -0.4 is 0 Å². The van der Waals surface area contributed by atoms with Crippen LogP contribution >= 0.6 is 38.6 Å². The first kappa shape index (κ1) is 16.9. The van der Waals surface area contributed by atoms with Gasteiger partial charge >= 0.3 is 0 Å². The molecule has 0 fully saturated rings. The highest BCUT2D eigenvalue weighted by molar-refractivity contribution is 9.11. The fourth-order valence-electron chi connectivity index (χ4n) is 3.04. The number of hydrogen-bond acceptors (Lipinski definition) is 4. The fourth-order valence-corrected chi connectivity index (χ4v) is 5.55. The van der Waals surface area contributed by atoms with E-state index in [4.69, 9.17) is 0 Å². The van der Waals surface area contributed by atoms with Crippen LogP contribution in [-0.4, -0.2) is 6.21 Å². The summed E-state index contributed by atoms with van der Waals surface area (Å²) in [4.78, 5) is 7.08. The minimum Gasteiger partial charge on any atom is -0.243 e. The number of aliphatic imine (C=N–C) groups is 1. The second-order valence-corrected chi connectivity index (χ2v) is 10.6. The zero-order valence-corrected chi connectivity index (χ0v) is 16.7. The lowest BCUT2D eigenvalue weighted by molar-refractivity contribution is 0.218. The summed E-state index contributed by atoms with van der Waals surface area (Å²) in [6.45, 7) is 6.94. The van der Waals surface area contributed by atoms with Crippen LogP contribution in [0.4, 0.5) is 5.00 Å². The molecule has 0 radical (unpaired) electrons. The predicted molar refractivity (Wildman–Crippen MR) is 103 cm³/mol. The molecule has 0 aliphatic heterocycles. The number of fused-ring (bicyclic) bond motifs is 1. The summed E-state index contributed by atoms with van der Waals surface area (Å²) in [5.41, 5.74) is 2.36. The summed E-state index contributed by atoms with van der Waals surface area (Å²) >= 11 is 6.82. The van der Waals surface area contributed by atoms with Gasteiger partial charge in [-0.1, -0.05) is 20.8 Å². The van der Waals surface area contributed by atoms with E-state index >= 15 is 0 Å². The van der Waals surface area contributed by atoms with Crippen LogP contribution in [0, 0.1) is 22.7 Å². The minimum absolute atomic E-state index is 0.321. The standard InChI is InChI=1S/C18H19BrN2S2/c1-18(2,3)11-4-6-13-14(9-20)17(23-15(13)8-11)21-10-12-5-7-16(19)22-12/h5,7,10-11H,4,6,8H2,1-3H3/t11-/m1/s1. The third kappa shape index (κ3) is 3.60. The molecule has 0 aromatic carbocycles. The van der Waals surface area contributed by atoms with Crippen molar-refractivity contribution in [3.63, 3.8) is 0 Å². The van der Waals surface area contributed by atoms with Crippen LogP contribution in [0.2, 0.25) is 0 Å². The summed E-state index contributed by atoms with van der Waals surface area (Å²) in [6, 6.07) is 6.44. The third-order valence-corrected chi connectivity index (χ3v) is 7.21. The van der Waals surface area contributed by atoms with Crippen molar-refractivity contribution in [3.05, 3.63) is 36.8 Å². The molecular formula is C18H19BrN2S2. The second kappa shape index (κ2) is 6.51. The van der Waals surface area contributed by atoms with Gasteiger partial charge in [0.25, 0.3) is 0 Å². The minimum atomic E-state index is 0.321. The Morgan fingerprint density at radius 3 is 2.74 bits per heavy atom. The molecule has 1 aliphatic rings. The van der Waals surface area contributed by atoms with E-state index in [0.29, 0.717) is 11.3 Å². The Balaban J connectivity index is 1.90. The van der Waals surface area contributed by atoms with Crippen molar-refractivity contribution in [2.75, 3.05) is 0 Å². The summed E-state index contributed by atoms with van der Waals surface area (Å²) in [5, 5.41) is 10.4. The van der Waals surface area contributed by atoms with Crippen LogP contribution in [0.5, 0.6) is 0 Å². The quantitative estimate of drug-likeness (QED) is 0.535. The first-order valence-corrected chi connectivity index (χ1v) is 10.1. The number of halogens is 1. The highest BCUT2D eigenvalue weighted by Crippen LogP contribution is 2.44. The molecule has 0 amide bonds. The van der Waals surface area contributed by atoms with E-state index in [0.717, 1.165) is 32.1 Å². The van der Waals surface area contributed by atoms with Crippen LogP contribution in [0.3, 0.4) is 0 Å². The van der Waals surface area contributed by atoms with Crippen LogP contribution in [0.1, 0.15) is 48.1 Å². The molecular weight excluding hydrogens is 388 g/mol. The van der Waals surface area contributed by atoms with Crippen molar-refractivity contribution < 1.29 is 0 Å². The highest BCUT2D eigenvalue weighted by atomic mass is 79.9. The van der Waals surface area contributed by atoms with Gasteiger partial charge in [-0.05, 0) is 64.2 Å². The van der Waals surface area contributed by atoms with Crippen LogP contribution in [0.15, 0.2) is 20.9 Å². The van der Waals surface area contributed by atoms with Crippen molar-refractivity contribution in [3.8, 4) is 6.07 Å². The maximum Gasteiger partial charge on any atom is 0.134 e. The average Bonchev–Trinajstić information content (AvgIpc) is 3.06. The van der Waals surface area contributed by atoms with Crippen molar-refractivity contribution >= 4 is 49.8 Å². The number of hydrogen-bond donors (Lipinski definition) is 0. The van der Waals surface area contributed by atoms with E-state index in [9.17, 15) is 5.26 Å². The van der Waals surface area contributed by atoms with Gasteiger partial charge in [-0.25, -0.2) is 4.99 Å². The van der Waals surface area contributed by atoms with Gasteiger partial charge in [0.05, 0.1) is 9.35 Å². The molecule has 0 N–H and O–H groups in total. The summed E-state index contributed by atoms with van der Waals surface area (Å²) in [6.07, 6.45) is 5.13. The second-order valence-electron chi connectivity index (χ2n) is 7.00. The molecule has 2 heterocycles. The van der Waals surface area contributed by atoms with Crippen molar-refractivity contribution in [1.82, 2.24) is 0 Å². The third-order valence-electron chi connectivity index (χ3n) is 4.49. The van der Waals surface area contributed by atoms with E-state index in [1.165, 1.54) is 16.9 Å². The van der Waals surface area contributed by atoms with Gasteiger partial charge in [0, 0.05) is 16.0 Å². The molecule has 23 heavy (non-hydrogen) atoms. The molecule has 1 aliphatic carbocycles. The first-order valence-electron chi connectivity index (χ1n) is 7.72. The summed E-state index contributed by atoms with van der Waals surface area (Å²) in [7, 11) is 0. The smallest absolute Gasteiger partial charge is 0.134 e. The Labute approximate surface area is 154 Å². The van der Waals surface area contributed by atoms with Gasteiger partial charge in [0.15, 0.2) is 0 Å². The topological polar surface area (TPSA) is 36.1 Å². The van der Waals surface area contributed by atoms with Crippen molar-refractivity contribution in [2.45, 2.75) is 40.0 Å². The lowest BCUT2D eigenvalue weighted by Crippen LogP contribution is -2.26. The van der Waals surface area contributed by atoms with Gasteiger partial charge in [0.2, 0.25) is 0 Å². The zero-order valence-electron chi connectivity index (χ0n) is 13.5. The molecule has 0 unspecified atom stereocenters. The Bertz CT molecular complexity index is 787. The Morgan fingerprint density at radius 1 is 1.35 bits per heavy atom. The lowest BCUT2D eigenvalue weighted by atomic mass is 9.72. The van der Waals surface area contributed by atoms with Crippen molar-refractivity contribution in [2.24, 2.45) is 16.3 Å². The molecule has 2 nitrogen and oxygen atoms in total. The summed E-state index contributed by atoms with van der Waals surface area (Å²) < 4.78 is 1.10. The number of thiophene rings is 2. The van der Waals surface area contributed by atoms with E-state index in [1.54, 1.807) is 22.7 Å². The zero-order chi connectivity index (χ0) is 16.6. The first-order chi connectivity index (χ1) is 10.9. The summed E-state index contributed by atoms with van der Waals surface area (Å²) in [5.74, 6) is 0.685. The van der Waals surface area contributed by atoms with Crippen LogP contribution in [0.25, 0.3) is 0 Å². The molecule has 5 heteroatoms. The predicted octanol–water partition coefficient (Wildman–Crippen LogP) is 6.35. The molecule has 0 saturated carbocycles. The maximum atomic E-state index is 9.57. The number of nitrogens with zero attached hydrogens (tertiary/aromatic N) is 2. The normalized spacial score (nSPS) is 18.1. The van der Waals surface area contributed by atoms with Gasteiger partial charge in [-0.3, -0.25) is 0 Å². The number of rotatable bonds is 2. The molecule has 2 aromatic rings. The van der Waals surface area contributed by atoms with E-state index in [1.807, 2.05) is 18.3 Å². The van der Waals surface area contributed by atoms with Gasteiger partial charge < -0.3 is 0 Å². The van der Waals surface area contributed by atoms with Gasteiger partial charge in [-0.15, -0.1) is 22.7 Å². The molecule has 0 spiro atoms. The fraction of sp³-hybridized carbons (Fsp3) is 0.444. The maximum absolute atomic E-state index is 9.57. The monoisotopic (exact) mass is 406 g/mol. The number of nitriles is 1. The van der Waals surface area contributed by atoms with Crippen molar-refractivity contribution in [1.29, 1.82) is 5.26 Å². The molecule has 0 saturated heterocycles. The Kier molecular flexibility index (Phi) is 4.78. The molecule has 2 aromatic heterocycles. The Hall–Kier alpha value is -0.960. The van der Waals surface area contributed by atoms with Crippen LogP contribution in [-0.2, 0) is 12.8 Å². The largest absolute Gasteiger partial charge is 0.243 e. The average molecular weight is 407 g/mol.